The summed E-state index contributed by atoms with van der Waals surface area (Å²) in [6.07, 6.45) is -3.11. The van der Waals surface area contributed by atoms with Crippen LogP contribution in [0.15, 0.2) is 11.0 Å². The van der Waals surface area contributed by atoms with Gasteiger partial charge in [0.15, 0.2) is 30.1 Å². The van der Waals surface area contributed by atoms with Gasteiger partial charge in [-0.05, 0) is 6.42 Å². The fourth-order valence-electron chi connectivity index (χ4n) is 3.09. The molecule has 0 aliphatic carbocycles. The lowest BCUT2D eigenvalue weighted by Gasteiger charge is -2.23. The summed E-state index contributed by atoms with van der Waals surface area (Å²) >= 11 is 0. The van der Waals surface area contributed by atoms with Crippen LogP contribution in [0.25, 0.3) is 0 Å². The Morgan fingerprint density at radius 2 is 1.88 bits per heavy atom. The zero-order valence-corrected chi connectivity index (χ0v) is 17.9. The van der Waals surface area contributed by atoms with Crippen molar-refractivity contribution in [1.29, 1.82) is 0 Å². The standard InChI is InChI=1S/C19H26FN3O9/c1-4-5-6-7-29-19(28)22-16-12(20)8-23(18(27)21-16)17-15(31-11(3)26)14(30-10(2)25)13(9-24)32-17/h8,13-15,17,24H,4-7,9H2,1-3H3,(H,21,22,27,28)/t13-,14-,15-,17-/m1/s1. The molecule has 12 nitrogen and oxygen atoms in total. The van der Waals surface area contributed by atoms with Gasteiger partial charge in [0.1, 0.15) is 6.10 Å². The minimum atomic E-state index is -1.45. The molecule has 2 N–H and O–H groups in total. The monoisotopic (exact) mass is 459 g/mol. The normalized spacial score (nSPS) is 22.3. The highest BCUT2D eigenvalue weighted by atomic mass is 19.1. The van der Waals surface area contributed by atoms with E-state index in [1.807, 2.05) is 12.2 Å². The maximum Gasteiger partial charge on any atom is 0.412 e. The number of ether oxygens (including phenoxy) is 4. The molecular formula is C19H26FN3O9. The largest absolute Gasteiger partial charge is 0.456 e. The topological polar surface area (TPSA) is 155 Å². The van der Waals surface area contributed by atoms with Crippen LogP contribution in [-0.2, 0) is 28.5 Å². The van der Waals surface area contributed by atoms with Gasteiger partial charge >= 0.3 is 23.7 Å². The number of anilines is 1. The number of nitrogens with zero attached hydrogens (tertiary/aromatic N) is 2. The number of nitrogens with one attached hydrogen (secondary N) is 1. The van der Waals surface area contributed by atoms with Crippen LogP contribution in [0.4, 0.5) is 15.0 Å². The molecule has 1 amide bonds. The highest BCUT2D eigenvalue weighted by molar-refractivity contribution is 5.83. The van der Waals surface area contributed by atoms with E-state index in [1.165, 1.54) is 0 Å². The third-order valence-electron chi connectivity index (χ3n) is 4.45. The first kappa shape index (κ1) is 25.2. The Balaban J connectivity index is 2.26. The number of hydrogen-bond donors (Lipinski definition) is 2. The van der Waals surface area contributed by atoms with Crippen LogP contribution in [-0.4, -0.2) is 64.2 Å². The molecule has 1 aliphatic rings. The van der Waals surface area contributed by atoms with Gasteiger partial charge in [-0.3, -0.25) is 19.5 Å². The quantitative estimate of drug-likeness (QED) is 0.309. The average Bonchev–Trinajstić information content (AvgIpc) is 3.03. The highest BCUT2D eigenvalue weighted by Crippen LogP contribution is 2.33. The van der Waals surface area contributed by atoms with Gasteiger partial charge in [0.2, 0.25) is 0 Å². The number of halogens is 1. The van der Waals surface area contributed by atoms with E-state index in [0.29, 0.717) is 17.2 Å². The van der Waals surface area contributed by atoms with Crippen LogP contribution < -0.4 is 11.0 Å². The van der Waals surface area contributed by atoms with E-state index in [4.69, 9.17) is 18.9 Å². The van der Waals surface area contributed by atoms with Gasteiger partial charge in [-0.2, -0.15) is 4.98 Å². The van der Waals surface area contributed by atoms with E-state index in [0.717, 1.165) is 26.7 Å². The summed E-state index contributed by atoms with van der Waals surface area (Å²) in [5.74, 6) is -3.30. The number of aliphatic hydroxyl groups excluding tert-OH is 1. The third-order valence-corrected chi connectivity index (χ3v) is 4.45. The summed E-state index contributed by atoms with van der Waals surface area (Å²) in [5, 5.41) is 11.6. The number of aliphatic hydroxyl groups is 1. The van der Waals surface area contributed by atoms with Gasteiger partial charge in [-0.25, -0.2) is 14.0 Å². The maximum absolute atomic E-state index is 14.6. The molecule has 32 heavy (non-hydrogen) atoms. The van der Waals surface area contributed by atoms with Gasteiger partial charge in [0.25, 0.3) is 0 Å². The van der Waals surface area contributed by atoms with E-state index >= 15 is 0 Å². The van der Waals surface area contributed by atoms with Gasteiger partial charge in [0, 0.05) is 13.8 Å². The molecule has 0 bridgehead atoms. The van der Waals surface area contributed by atoms with Crippen molar-refractivity contribution in [3.63, 3.8) is 0 Å². The van der Waals surface area contributed by atoms with E-state index in [9.17, 15) is 28.7 Å². The molecule has 178 valence electrons. The second-order valence-corrected chi connectivity index (χ2v) is 6.99. The van der Waals surface area contributed by atoms with Crippen LogP contribution in [0, 0.1) is 5.82 Å². The fourth-order valence-corrected chi connectivity index (χ4v) is 3.09. The van der Waals surface area contributed by atoms with Crippen LogP contribution in [0.3, 0.4) is 0 Å². The molecule has 1 saturated heterocycles. The smallest absolute Gasteiger partial charge is 0.412 e. The van der Waals surface area contributed by atoms with Gasteiger partial charge in [0.05, 0.1) is 19.4 Å². The number of unbranched alkanes of at least 4 members (excludes halogenated alkanes) is 2. The van der Waals surface area contributed by atoms with Crippen molar-refractivity contribution in [1.82, 2.24) is 9.55 Å². The molecule has 0 radical (unpaired) electrons. The SMILES string of the molecule is CCCCCOC(=O)Nc1nc(=O)n([C@@H]2O[C@H](CO)[C@@H](OC(C)=O)[C@H]2OC(C)=O)cc1F. The predicted molar refractivity (Wildman–Crippen MR) is 105 cm³/mol. The Kier molecular flexibility index (Phi) is 9.08. The molecule has 1 fully saturated rings. The molecule has 0 spiro atoms. The van der Waals surface area contributed by atoms with Crippen molar-refractivity contribution in [2.75, 3.05) is 18.5 Å². The Bertz CT molecular complexity index is 891. The second-order valence-electron chi connectivity index (χ2n) is 6.99. The Morgan fingerprint density at radius 1 is 1.22 bits per heavy atom. The van der Waals surface area contributed by atoms with E-state index in [2.05, 4.69) is 4.98 Å². The summed E-state index contributed by atoms with van der Waals surface area (Å²) in [6, 6.07) is 0. The average molecular weight is 459 g/mol. The van der Waals surface area contributed by atoms with Crippen LogP contribution in [0.5, 0.6) is 0 Å². The first-order valence-electron chi connectivity index (χ1n) is 10.0. The van der Waals surface area contributed by atoms with Crippen molar-refractivity contribution in [3.05, 3.63) is 22.5 Å². The Labute approximate surface area is 182 Å². The number of amides is 1. The minimum Gasteiger partial charge on any atom is -0.456 e. The van der Waals surface area contributed by atoms with E-state index < -0.39 is 66.5 Å². The van der Waals surface area contributed by atoms with Crippen molar-refractivity contribution in [2.45, 2.75) is 64.6 Å². The van der Waals surface area contributed by atoms with Crippen molar-refractivity contribution >= 4 is 23.8 Å². The van der Waals surface area contributed by atoms with Gasteiger partial charge in [-0.15, -0.1) is 0 Å². The van der Waals surface area contributed by atoms with Gasteiger partial charge in [-0.1, -0.05) is 19.8 Å². The zero-order valence-electron chi connectivity index (χ0n) is 17.9. The third kappa shape index (κ3) is 6.47. The van der Waals surface area contributed by atoms with Gasteiger partial charge < -0.3 is 24.1 Å². The lowest BCUT2D eigenvalue weighted by molar-refractivity contribution is -0.165. The zero-order chi connectivity index (χ0) is 23.8. The second kappa shape index (κ2) is 11.5. The van der Waals surface area contributed by atoms with Crippen LogP contribution in [0.2, 0.25) is 0 Å². The number of hydrogen-bond acceptors (Lipinski definition) is 10. The molecule has 0 unspecified atom stereocenters. The van der Waals surface area contributed by atoms with E-state index in [1.54, 1.807) is 0 Å². The van der Waals surface area contributed by atoms with Crippen LogP contribution in [0.1, 0.15) is 46.3 Å². The van der Waals surface area contributed by atoms with E-state index in [-0.39, 0.29) is 6.61 Å². The molecule has 2 heterocycles. The predicted octanol–water partition coefficient (Wildman–Crippen LogP) is 0.874. The summed E-state index contributed by atoms with van der Waals surface area (Å²) < 4.78 is 35.8. The van der Waals surface area contributed by atoms with Crippen molar-refractivity contribution in [3.8, 4) is 0 Å². The minimum absolute atomic E-state index is 0.123. The van der Waals surface area contributed by atoms with Crippen molar-refractivity contribution in [2.24, 2.45) is 0 Å². The molecule has 1 aromatic rings. The molecule has 2 rings (SSSR count). The molecule has 0 aromatic carbocycles. The Hall–Kier alpha value is -3.06. The first-order chi connectivity index (χ1) is 15.2. The fraction of sp³-hybridized carbons (Fsp3) is 0.632. The summed E-state index contributed by atoms with van der Waals surface area (Å²) in [4.78, 5) is 50.7. The summed E-state index contributed by atoms with van der Waals surface area (Å²) in [6.45, 7) is 3.64. The summed E-state index contributed by atoms with van der Waals surface area (Å²) in [5.41, 5.74) is -1.06. The molecule has 1 aromatic heterocycles. The number of esters is 2. The first-order valence-corrected chi connectivity index (χ1v) is 10.0. The molecule has 4 atom stereocenters. The molecular weight excluding hydrogens is 433 g/mol. The maximum atomic E-state index is 14.6. The lowest BCUT2D eigenvalue weighted by atomic mass is 10.1. The summed E-state index contributed by atoms with van der Waals surface area (Å²) in [7, 11) is 0. The molecule has 1 aliphatic heterocycles. The number of aromatic nitrogens is 2. The highest BCUT2D eigenvalue weighted by Gasteiger charge is 2.50. The number of carbonyl (C=O) groups excluding carboxylic acids is 3. The Morgan fingerprint density at radius 3 is 2.47 bits per heavy atom. The number of carbonyl (C=O) groups is 3. The lowest BCUT2D eigenvalue weighted by Crippen LogP contribution is -2.41. The van der Waals surface area contributed by atoms with Crippen molar-refractivity contribution < 1.29 is 42.8 Å². The van der Waals surface area contributed by atoms with Crippen LogP contribution >= 0.6 is 0 Å². The molecule has 0 saturated carbocycles. The molecule has 13 heteroatoms. The number of rotatable bonds is 9.